The third kappa shape index (κ3) is 5.34. The van der Waals surface area contributed by atoms with Gasteiger partial charge in [-0.1, -0.05) is 30.3 Å². The van der Waals surface area contributed by atoms with Crippen molar-refractivity contribution in [3.63, 3.8) is 0 Å². The Morgan fingerprint density at radius 2 is 1.77 bits per heavy atom. The molecule has 158 valence electrons. The van der Waals surface area contributed by atoms with Crippen LogP contribution in [0.3, 0.4) is 0 Å². The van der Waals surface area contributed by atoms with Crippen LogP contribution in [0.15, 0.2) is 54.7 Å². The Kier molecular flexibility index (Phi) is 6.66. The first-order valence-electron chi connectivity index (χ1n) is 9.50. The van der Waals surface area contributed by atoms with E-state index in [2.05, 4.69) is 20.4 Å². The van der Waals surface area contributed by atoms with Crippen LogP contribution in [0.2, 0.25) is 0 Å². The summed E-state index contributed by atoms with van der Waals surface area (Å²) in [6.07, 6.45) is 2.15. The summed E-state index contributed by atoms with van der Waals surface area (Å²) >= 11 is 0. The number of ether oxygens (including phenoxy) is 1. The van der Waals surface area contributed by atoms with Gasteiger partial charge in [0.2, 0.25) is 11.8 Å². The zero-order valence-electron chi connectivity index (χ0n) is 16.6. The standard InChI is InChI=1S/C22H23F2N3O3/c1-13(15-7-9-17(10-8-15)30-22(23)24)26-21(29)20(27-14(2)28)11-16-12-25-19-6-4-3-5-18(16)19/h3-10,12-13,20,22,25H,11H2,1-2H3,(H,26,29)(H,27,28). The number of alkyl halides is 2. The van der Waals surface area contributed by atoms with Gasteiger partial charge in [0.25, 0.3) is 0 Å². The molecule has 0 fully saturated rings. The molecule has 6 nitrogen and oxygen atoms in total. The van der Waals surface area contributed by atoms with Crippen LogP contribution in [0, 0.1) is 0 Å². The molecular formula is C22H23F2N3O3. The fraction of sp³-hybridized carbons (Fsp3) is 0.273. The van der Waals surface area contributed by atoms with Gasteiger partial charge in [-0.15, -0.1) is 0 Å². The second-order valence-electron chi connectivity index (χ2n) is 6.99. The highest BCUT2D eigenvalue weighted by Gasteiger charge is 2.23. The van der Waals surface area contributed by atoms with Gasteiger partial charge in [-0.3, -0.25) is 9.59 Å². The first-order chi connectivity index (χ1) is 14.3. The van der Waals surface area contributed by atoms with Crippen molar-refractivity contribution in [3.05, 3.63) is 65.9 Å². The van der Waals surface area contributed by atoms with E-state index in [0.717, 1.165) is 22.0 Å². The molecule has 0 radical (unpaired) electrons. The molecule has 2 unspecified atom stereocenters. The minimum Gasteiger partial charge on any atom is -0.435 e. The minimum absolute atomic E-state index is 0.0442. The van der Waals surface area contributed by atoms with Crippen molar-refractivity contribution in [2.24, 2.45) is 0 Å². The lowest BCUT2D eigenvalue weighted by Crippen LogP contribution is -2.47. The van der Waals surface area contributed by atoms with Crippen molar-refractivity contribution in [1.29, 1.82) is 0 Å². The number of halogens is 2. The van der Waals surface area contributed by atoms with Crippen molar-refractivity contribution in [3.8, 4) is 5.75 Å². The number of nitrogens with one attached hydrogen (secondary N) is 3. The SMILES string of the molecule is CC(=O)NC(Cc1c[nH]c2ccccc12)C(=O)NC(C)c1ccc(OC(F)F)cc1. The summed E-state index contributed by atoms with van der Waals surface area (Å²) < 4.78 is 28.9. The van der Waals surface area contributed by atoms with Gasteiger partial charge in [-0.05, 0) is 36.2 Å². The molecule has 3 N–H and O–H groups in total. The van der Waals surface area contributed by atoms with E-state index in [1.54, 1.807) is 19.1 Å². The summed E-state index contributed by atoms with van der Waals surface area (Å²) in [5, 5.41) is 6.56. The van der Waals surface area contributed by atoms with E-state index >= 15 is 0 Å². The molecule has 1 aromatic heterocycles. The van der Waals surface area contributed by atoms with Gasteiger partial charge in [0, 0.05) is 30.4 Å². The van der Waals surface area contributed by atoms with E-state index in [9.17, 15) is 18.4 Å². The minimum atomic E-state index is -2.89. The molecule has 3 aromatic rings. The number of hydrogen-bond acceptors (Lipinski definition) is 3. The van der Waals surface area contributed by atoms with Crippen LogP contribution in [0.25, 0.3) is 10.9 Å². The number of carbonyl (C=O) groups excluding carboxylic acids is 2. The number of fused-ring (bicyclic) bond motifs is 1. The molecule has 2 aromatic carbocycles. The fourth-order valence-electron chi connectivity index (χ4n) is 3.31. The van der Waals surface area contributed by atoms with Crippen LogP contribution in [0.4, 0.5) is 8.78 Å². The zero-order chi connectivity index (χ0) is 21.7. The third-order valence-corrected chi connectivity index (χ3v) is 4.76. The quantitative estimate of drug-likeness (QED) is 0.525. The third-order valence-electron chi connectivity index (χ3n) is 4.76. The molecule has 0 aliphatic rings. The molecule has 2 amide bonds. The van der Waals surface area contributed by atoms with Gasteiger partial charge >= 0.3 is 6.61 Å². The number of H-pyrrole nitrogens is 1. The molecule has 30 heavy (non-hydrogen) atoms. The second-order valence-corrected chi connectivity index (χ2v) is 6.99. The van der Waals surface area contributed by atoms with Crippen LogP contribution in [0.5, 0.6) is 5.75 Å². The summed E-state index contributed by atoms with van der Waals surface area (Å²) in [4.78, 5) is 27.7. The fourth-order valence-corrected chi connectivity index (χ4v) is 3.31. The number of aromatic nitrogens is 1. The van der Waals surface area contributed by atoms with Crippen LogP contribution >= 0.6 is 0 Å². The van der Waals surface area contributed by atoms with Crippen molar-refractivity contribution < 1.29 is 23.1 Å². The predicted octanol–water partition coefficient (Wildman–Crippen LogP) is 3.69. The monoisotopic (exact) mass is 415 g/mol. The van der Waals surface area contributed by atoms with E-state index < -0.39 is 18.7 Å². The van der Waals surface area contributed by atoms with E-state index in [1.807, 2.05) is 30.5 Å². The van der Waals surface area contributed by atoms with Gasteiger partial charge in [0.15, 0.2) is 0 Å². The summed E-state index contributed by atoms with van der Waals surface area (Å²) in [6.45, 7) is 0.244. The summed E-state index contributed by atoms with van der Waals surface area (Å²) in [5.41, 5.74) is 2.59. The van der Waals surface area contributed by atoms with Crippen molar-refractivity contribution in [2.45, 2.75) is 39.0 Å². The van der Waals surface area contributed by atoms with Gasteiger partial charge in [-0.2, -0.15) is 8.78 Å². The summed E-state index contributed by atoms with van der Waals surface area (Å²) in [7, 11) is 0. The summed E-state index contributed by atoms with van der Waals surface area (Å²) in [5.74, 6) is -0.602. The average Bonchev–Trinajstić information content (AvgIpc) is 3.10. The Morgan fingerprint density at radius 1 is 1.07 bits per heavy atom. The molecule has 3 rings (SSSR count). The molecule has 0 saturated heterocycles. The number of rotatable bonds is 8. The predicted molar refractivity (Wildman–Crippen MR) is 109 cm³/mol. The molecule has 0 saturated carbocycles. The molecular weight excluding hydrogens is 392 g/mol. The van der Waals surface area contributed by atoms with Crippen LogP contribution < -0.4 is 15.4 Å². The van der Waals surface area contributed by atoms with Crippen LogP contribution in [0.1, 0.15) is 31.0 Å². The maximum Gasteiger partial charge on any atom is 0.387 e. The lowest BCUT2D eigenvalue weighted by molar-refractivity contribution is -0.128. The number of aromatic amines is 1. The topological polar surface area (TPSA) is 83.2 Å². The number of carbonyl (C=O) groups is 2. The zero-order valence-corrected chi connectivity index (χ0v) is 16.6. The molecule has 0 spiro atoms. The van der Waals surface area contributed by atoms with Gasteiger partial charge in [0.05, 0.1) is 6.04 Å². The second kappa shape index (κ2) is 9.39. The molecule has 0 aliphatic carbocycles. The number of amides is 2. The number of para-hydroxylation sites is 1. The Hall–Kier alpha value is -3.42. The Balaban J connectivity index is 1.71. The Labute approximate surface area is 172 Å². The molecule has 0 aliphatic heterocycles. The van der Waals surface area contributed by atoms with Crippen molar-refractivity contribution in [2.75, 3.05) is 0 Å². The number of benzene rings is 2. The molecule has 8 heteroatoms. The van der Waals surface area contributed by atoms with E-state index in [-0.39, 0.29) is 17.6 Å². The Bertz CT molecular complexity index is 1020. The highest BCUT2D eigenvalue weighted by molar-refractivity contribution is 5.89. The largest absolute Gasteiger partial charge is 0.435 e. The lowest BCUT2D eigenvalue weighted by Gasteiger charge is -2.21. The van der Waals surface area contributed by atoms with Crippen molar-refractivity contribution >= 4 is 22.7 Å². The first-order valence-corrected chi connectivity index (χ1v) is 9.50. The van der Waals surface area contributed by atoms with Gasteiger partial charge in [-0.25, -0.2) is 0 Å². The average molecular weight is 415 g/mol. The molecule has 2 atom stereocenters. The van der Waals surface area contributed by atoms with E-state index in [1.165, 1.54) is 19.1 Å². The number of hydrogen-bond donors (Lipinski definition) is 3. The smallest absolute Gasteiger partial charge is 0.387 e. The summed E-state index contributed by atoms with van der Waals surface area (Å²) in [6, 6.07) is 12.6. The molecule has 1 heterocycles. The van der Waals surface area contributed by atoms with Crippen molar-refractivity contribution in [1.82, 2.24) is 15.6 Å². The maximum absolute atomic E-state index is 12.9. The first kappa shape index (κ1) is 21.3. The highest BCUT2D eigenvalue weighted by Crippen LogP contribution is 2.21. The lowest BCUT2D eigenvalue weighted by atomic mass is 10.0. The highest BCUT2D eigenvalue weighted by atomic mass is 19.3. The van der Waals surface area contributed by atoms with E-state index in [0.29, 0.717) is 6.42 Å². The van der Waals surface area contributed by atoms with Crippen LogP contribution in [-0.2, 0) is 16.0 Å². The van der Waals surface area contributed by atoms with Gasteiger partial charge in [0.1, 0.15) is 11.8 Å². The maximum atomic E-state index is 12.9. The van der Waals surface area contributed by atoms with Crippen LogP contribution in [-0.4, -0.2) is 29.5 Å². The normalized spacial score (nSPS) is 13.1. The molecule has 0 bridgehead atoms. The Morgan fingerprint density at radius 3 is 2.43 bits per heavy atom. The van der Waals surface area contributed by atoms with Gasteiger partial charge < -0.3 is 20.4 Å². The van der Waals surface area contributed by atoms with E-state index in [4.69, 9.17) is 0 Å².